The van der Waals surface area contributed by atoms with Crippen LogP contribution >= 0.6 is 11.3 Å². The molecule has 0 aliphatic carbocycles. The quantitative estimate of drug-likeness (QED) is 0.232. The zero-order chi connectivity index (χ0) is 27.8. The summed E-state index contributed by atoms with van der Waals surface area (Å²) in [6, 6.07) is 25.7. The minimum absolute atomic E-state index is 0.184. The van der Waals surface area contributed by atoms with Gasteiger partial charge in [0.1, 0.15) is 11.1 Å². The summed E-state index contributed by atoms with van der Waals surface area (Å²) in [5, 5.41) is 14.5. The summed E-state index contributed by atoms with van der Waals surface area (Å²) >= 11 is 1.42. The van der Waals surface area contributed by atoms with Crippen LogP contribution in [-0.4, -0.2) is 17.7 Å². The number of anilines is 1. The fourth-order valence-corrected chi connectivity index (χ4v) is 6.06. The predicted octanol–water partition coefficient (Wildman–Crippen LogP) is 8.30. The van der Waals surface area contributed by atoms with Crippen molar-refractivity contribution in [3.05, 3.63) is 94.4 Å². The normalized spacial score (nSPS) is 12.8. The molecule has 198 valence electrons. The monoisotopic (exact) mass is 545 g/mol. The van der Waals surface area contributed by atoms with E-state index < -0.39 is 0 Å². The Morgan fingerprint density at radius 3 is 2.58 bits per heavy atom. The minimum Gasteiger partial charge on any atom is -0.454 e. The second kappa shape index (κ2) is 10.5. The average Bonchev–Trinajstić information content (AvgIpc) is 3.59. The van der Waals surface area contributed by atoms with Crippen molar-refractivity contribution in [3.63, 3.8) is 0 Å². The maximum Gasteiger partial charge on any atom is 0.257 e. The summed E-state index contributed by atoms with van der Waals surface area (Å²) in [7, 11) is 0. The Morgan fingerprint density at radius 1 is 1.05 bits per heavy atom. The van der Waals surface area contributed by atoms with E-state index in [0.717, 1.165) is 33.4 Å². The van der Waals surface area contributed by atoms with Gasteiger partial charge in [-0.2, -0.15) is 5.26 Å². The molecule has 1 N–H and O–H groups in total. The van der Waals surface area contributed by atoms with Gasteiger partial charge >= 0.3 is 0 Å². The molecule has 2 aromatic heterocycles. The first kappa shape index (κ1) is 25.6. The van der Waals surface area contributed by atoms with Gasteiger partial charge in [0, 0.05) is 21.4 Å². The highest BCUT2D eigenvalue weighted by molar-refractivity contribution is 7.17. The molecule has 0 unspecified atom stereocenters. The molecule has 0 radical (unpaired) electrons. The van der Waals surface area contributed by atoms with Crippen molar-refractivity contribution in [3.8, 4) is 40.0 Å². The summed E-state index contributed by atoms with van der Waals surface area (Å²) in [5.41, 5.74) is 6.22. The van der Waals surface area contributed by atoms with Crippen LogP contribution in [0.15, 0.2) is 72.8 Å². The fourth-order valence-electron chi connectivity index (χ4n) is 5.04. The third kappa shape index (κ3) is 4.57. The van der Waals surface area contributed by atoms with Crippen LogP contribution < -0.4 is 14.8 Å². The van der Waals surface area contributed by atoms with Crippen molar-refractivity contribution in [1.29, 1.82) is 5.26 Å². The maximum absolute atomic E-state index is 13.8. The molecule has 1 atom stereocenters. The topological polar surface area (TPSA) is 84.2 Å². The summed E-state index contributed by atoms with van der Waals surface area (Å²) in [6.07, 6.45) is 1.07. The zero-order valence-corrected chi connectivity index (χ0v) is 23.3. The second-order valence-corrected chi connectivity index (χ2v) is 11.1. The van der Waals surface area contributed by atoms with E-state index in [1.54, 1.807) is 6.07 Å². The van der Waals surface area contributed by atoms with Gasteiger partial charge in [-0.25, -0.2) is 4.98 Å². The number of nitrogens with zero attached hydrogens (tertiary/aromatic N) is 2. The number of nitrogens with one attached hydrogen (secondary N) is 1. The zero-order valence-electron chi connectivity index (χ0n) is 22.4. The van der Waals surface area contributed by atoms with Crippen molar-refractivity contribution < 1.29 is 14.3 Å². The standard InChI is InChI=1S/C33H27N3O3S/c1-4-19(2)21-9-11-22(12-10-21)31-20(3)40-33(26(31)17-34)36-32(37)25-16-28(35-27-8-6-5-7-24(25)27)23-13-14-29-30(15-23)39-18-38-29/h5-16,19H,4,18H2,1-3H3,(H,36,37)/t19-/m1/s1. The molecule has 3 aromatic carbocycles. The third-order valence-electron chi connectivity index (χ3n) is 7.43. The minimum atomic E-state index is -0.294. The number of rotatable bonds is 6. The number of amides is 1. The molecule has 0 saturated heterocycles. The molecule has 5 aromatic rings. The number of nitriles is 1. The van der Waals surface area contributed by atoms with Crippen LogP contribution in [0.3, 0.4) is 0 Å². The number of fused-ring (bicyclic) bond motifs is 2. The highest BCUT2D eigenvalue weighted by Gasteiger charge is 2.22. The SMILES string of the molecule is CC[C@@H](C)c1ccc(-c2c(C)sc(NC(=O)c3cc(-c4ccc5c(c4)OCO5)nc4ccccc34)c2C#N)cc1. The number of para-hydroxylation sites is 1. The van der Waals surface area contributed by atoms with E-state index in [0.29, 0.717) is 44.8 Å². The van der Waals surface area contributed by atoms with E-state index in [9.17, 15) is 10.1 Å². The van der Waals surface area contributed by atoms with Crippen LogP contribution in [0.4, 0.5) is 5.00 Å². The molecule has 0 bridgehead atoms. The van der Waals surface area contributed by atoms with Crippen LogP contribution in [0.2, 0.25) is 0 Å². The van der Waals surface area contributed by atoms with E-state index in [4.69, 9.17) is 14.5 Å². The predicted molar refractivity (Wildman–Crippen MR) is 159 cm³/mol. The number of benzene rings is 3. The lowest BCUT2D eigenvalue weighted by molar-refractivity contribution is 0.102. The molecule has 1 amide bonds. The molecule has 7 heteroatoms. The largest absolute Gasteiger partial charge is 0.454 e. The fraction of sp³-hybridized carbons (Fsp3) is 0.182. The molecule has 40 heavy (non-hydrogen) atoms. The van der Waals surface area contributed by atoms with Gasteiger partial charge in [-0.15, -0.1) is 11.3 Å². The second-order valence-electron chi connectivity index (χ2n) is 9.87. The van der Waals surface area contributed by atoms with Crippen molar-refractivity contribution >= 4 is 33.1 Å². The number of pyridine rings is 1. The van der Waals surface area contributed by atoms with E-state index in [1.165, 1.54) is 16.9 Å². The molecule has 1 aliphatic rings. The molecule has 6 rings (SSSR count). The lowest BCUT2D eigenvalue weighted by atomic mass is 9.95. The third-order valence-corrected chi connectivity index (χ3v) is 8.45. The van der Waals surface area contributed by atoms with Crippen LogP contribution in [0, 0.1) is 18.3 Å². The van der Waals surface area contributed by atoms with E-state index in [-0.39, 0.29) is 12.7 Å². The van der Waals surface area contributed by atoms with Gasteiger partial charge in [0.15, 0.2) is 11.5 Å². The van der Waals surface area contributed by atoms with Gasteiger partial charge < -0.3 is 14.8 Å². The van der Waals surface area contributed by atoms with Gasteiger partial charge in [-0.3, -0.25) is 4.79 Å². The van der Waals surface area contributed by atoms with Crippen molar-refractivity contribution in [2.24, 2.45) is 0 Å². The van der Waals surface area contributed by atoms with E-state index >= 15 is 0 Å². The van der Waals surface area contributed by atoms with Crippen LogP contribution in [-0.2, 0) is 0 Å². The first-order valence-electron chi connectivity index (χ1n) is 13.2. The number of hydrogen-bond acceptors (Lipinski definition) is 6. The molecule has 6 nitrogen and oxygen atoms in total. The number of hydrogen-bond donors (Lipinski definition) is 1. The van der Waals surface area contributed by atoms with Crippen LogP contribution in [0.25, 0.3) is 33.3 Å². The Labute approximate surface area is 236 Å². The molecular formula is C33H27N3O3S. The smallest absolute Gasteiger partial charge is 0.257 e. The average molecular weight is 546 g/mol. The Morgan fingerprint density at radius 2 is 1.80 bits per heavy atom. The van der Waals surface area contributed by atoms with E-state index in [1.807, 2.05) is 49.4 Å². The van der Waals surface area contributed by atoms with Gasteiger partial charge in [0.05, 0.1) is 22.3 Å². The highest BCUT2D eigenvalue weighted by atomic mass is 32.1. The lowest BCUT2D eigenvalue weighted by Gasteiger charge is -2.11. The Hall–Kier alpha value is -4.67. The Bertz CT molecular complexity index is 1800. The molecule has 0 saturated carbocycles. The van der Waals surface area contributed by atoms with E-state index in [2.05, 4.69) is 49.5 Å². The number of carbonyl (C=O) groups excluding carboxylic acids is 1. The Balaban J connectivity index is 1.37. The lowest BCUT2D eigenvalue weighted by Crippen LogP contribution is -2.13. The number of thiophene rings is 1. The summed E-state index contributed by atoms with van der Waals surface area (Å²) in [6.45, 7) is 6.55. The first-order valence-corrected chi connectivity index (χ1v) is 14.0. The number of aromatic nitrogens is 1. The van der Waals surface area contributed by atoms with Crippen LogP contribution in [0.5, 0.6) is 11.5 Å². The first-order chi connectivity index (χ1) is 19.5. The molecule has 1 aliphatic heterocycles. The van der Waals surface area contributed by atoms with Crippen molar-refractivity contribution in [2.45, 2.75) is 33.1 Å². The summed E-state index contributed by atoms with van der Waals surface area (Å²) in [4.78, 5) is 19.6. The number of ether oxygens (including phenoxy) is 2. The van der Waals surface area contributed by atoms with Crippen molar-refractivity contribution in [2.75, 3.05) is 12.1 Å². The van der Waals surface area contributed by atoms with Gasteiger partial charge in [-0.1, -0.05) is 56.3 Å². The molecule has 3 heterocycles. The summed E-state index contributed by atoms with van der Waals surface area (Å²) < 4.78 is 11.0. The summed E-state index contributed by atoms with van der Waals surface area (Å²) in [5.74, 6) is 1.51. The number of aryl methyl sites for hydroxylation is 1. The maximum atomic E-state index is 13.8. The van der Waals surface area contributed by atoms with Gasteiger partial charge in [0.25, 0.3) is 5.91 Å². The molecule has 0 fully saturated rings. The molecular weight excluding hydrogens is 518 g/mol. The molecule has 0 spiro atoms. The van der Waals surface area contributed by atoms with Crippen molar-refractivity contribution in [1.82, 2.24) is 4.98 Å². The van der Waals surface area contributed by atoms with Gasteiger partial charge in [-0.05, 0) is 60.7 Å². The van der Waals surface area contributed by atoms with Crippen LogP contribution in [0.1, 0.15) is 52.5 Å². The van der Waals surface area contributed by atoms with Gasteiger partial charge in [0.2, 0.25) is 6.79 Å². The number of carbonyl (C=O) groups is 1. The highest BCUT2D eigenvalue weighted by Crippen LogP contribution is 2.41. The Kier molecular flexibility index (Phi) is 6.71.